The molecule has 0 bridgehead atoms. The van der Waals surface area contributed by atoms with E-state index in [1.54, 1.807) is 7.11 Å². The second-order valence-corrected chi connectivity index (χ2v) is 4.97. The van der Waals surface area contributed by atoms with Crippen LogP contribution in [0.1, 0.15) is 39.2 Å². The van der Waals surface area contributed by atoms with Crippen LogP contribution < -0.4 is 10.1 Å². The summed E-state index contributed by atoms with van der Waals surface area (Å²) in [7, 11) is 1.64. The zero-order valence-corrected chi connectivity index (χ0v) is 12.9. The predicted molar refractivity (Wildman–Crippen MR) is 79.9 cm³/mol. The molecule has 4 heteroatoms. The molecule has 0 aliphatic rings. The second kappa shape index (κ2) is 7.90. The van der Waals surface area contributed by atoms with Gasteiger partial charge in [-0.2, -0.15) is 0 Å². The van der Waals surface area contributed by atoms with E-state index in [1.807, 2.05) is 38.1 Å². The number of carbonyl (C=O) groups is 1. The maximum atomic E-state index is 11.9. The van der Waals surface area contributed by atoms with E-state index in [2.05, 4.69) is 12.2 Å². The molecule has 4 nitrogen and oxygen atoms in total. The Kier molecular flexibility index (Phi) is 6.52. The molecule has 0 radical (unpaired) electrons. The number of hydrogen-bond acceptors (Lipinski definition) is 4. The van der Waals surface area contributed by atoms with E-state index in [-0.39, 0.29) is 5.97 Å². The zero-order valence-electron chi connectivity index (χ0n) is 12.9. The van der Waals surface area contributed by atoms with Crippen LogP contribution in [0.4, 0.5) is 0 Å². The van der Waals surface area contributed by atoms with Gasteiger partial charge in [0.1, 0.15) is 5.75 Å². The highest BCUT2D eigenvalue weighted by Gasteiger charge is 2.29. The monoisotopic (exact) mass is 279 g/mol. The van der Waals surface area contributed by atoms with Crippen molar-refractivity contribution in [3.05, 3.63) is 29.8 Å². The summed E-state index contributed by atoms with van der Waals surface area (Å²) >= 11 is 0. The van der Waals surface area contributed by atoms with E-state index in [0.29, 0.717) is 13.0 Å². The SMILES string of the molecule is CCCNC(C)(CC(=O)OCC)c1cccc(OC)c1. The summed E-state index contributed by atoms with van der Waals surface area (Å²) in [6, 6.07) is 7.80. The van der Waals surface area contributed by atoms with Crippen LogP contribution in [-0.2, 0) is 15.1 Å². The van der Waals surface area contributed by atoms with Crippen LogP contribution in [0, 0.1) is 0 Å². The Morgan fingerprint density at radius 1 is 1.35 bits per heavy atom. The summed E-state index contributed by atoms with van der Waals surface area (Å²) < 4.78 is 10.3. The molecule has 0 saturated heterocycles. The molecule has 0 aromatic heterocycles. The maximum absolute atomic E-state index is 11.9. The second-order valence-electron chi connectivity index (χ2n) is 4.97. The third-order valence-corrected chi connectivity index (χ3v) is 3.28. The lowest BCUT2D eigenvalue weighted by Crippen LogP contribution is -2.42. The van der Waals surface area contributed by atoms with Gasteiger partial charge in [-0.25, -0.2) is 0 Å². The predicted octanol–water partition coefficient (Wildman–Crippen LogP) is 2.86. The lowest BCUT2D eigenvalue weighted by molar-refractivity contribution is -0.144. The number of hydrogen-bond donors (Lipinski definition) is 1. The highest BCUT2D eigenvalue weighted by atomic mass is 16.5. The highest BCUT2D eigenvalue weighted by Crippen LogP contribution is 2.28. The fraction of sp³-hybridized carbons (Fsp3) is 0.562. The summed E-state index contributed by atoms with van der Waals surface area (Å²) in [5.41, 5.74) is 0.579. The Balaban J connectivity index is 2.98. The van der Waals surface area contributed by atoms with Crippen molar-refractivity contribution in [2.45, 2.75) is 39.2 Å². The third kappa shape index (κ3) is 4.53. The van der Waals surface area contributed by atoms with Crippen molar-refractivity contribution in [2.24, 2.45) is 0 Å². The number of esters is 1. The van der Waals surface area contributed by atoms with Gasteiger partial charge < -0.3 is 14.8 Å². The third-order valence-electron chi connectivity index (χ3n) is 3.28. The first kappa shape index (κ1) is 16.5. The van der Waals surface area contributed by atoms with E-state index < -0.39 is 5.54 Å². The summed E-state index contributed by atoms with van der Waals surface area (Å²) in [5.74, 6) is 0.595. The molecule has 1 aromatic rings. The number of ether oxygens (including phenoxy) is 2. The molecule has 0 amide bonds. The Morgan fingerprint density at radius 3 is 2.70 bits per heavy atom. The molecule has 112 valence electrons. The molecule has 20 heavy (non-hydrogen) atoms. The molecule has 1 atom stereocenters. The minimum atomic E-state index is -0.448. The van der Waals surface area contributed by atoms with Crippen molar-refractivity contribution in [3.63, 3.8) is 0 Å². The number of methoxy groups -OCH3 is 1. The molecule has 0 aliphatic heterocycles. The minimum absolute atomic E-state index is 0.193. The Morgan fingerprint density at radius 2 is 2.10 bits per heavy atom. The van der Waals surface area contributed by atoms with Gasteiger partial charge in [-0.05, 0) is 44.5 Å². The van der Waals surface area contributed by atoms with Gasteiger partial charge >= 0.3 is 5.97 Å². The standard InChI is InChI=1S/C16H25NO3/c1-5-10-17-16(3,12-15(18)20-6-2)13-8-7-9-14(11-13)19-4/h7-9,11,17H,5-6,10,12H2,1-4H3. The number of carbonyl (C=O) groups excluding carboxylic acids is 1. The van der Waals surface area contributed by atoms with Gasteiger partial charge in [0.15, 0.2) is 0 Å². The van der Waals surface area contributed by atoms with Gasteiger partial charge in [0.2, 0.25) is 0 Å². The van der Waals surface area contributed by atoms with E-state index >= 15 is 0 Å². The smallest absolute Gasteiger partial charge is 0.307 e. The van der Waals surface area contributed by atoms with E-state index in [1.165, 1.54) is 0 Å². The lowest BCUT2D eigenvalue weighted by Gasteiger charge is -2.31. The molecular weight excluding hydrogens is 254 g/mol. The van der Waals surface area contributed by atoms with Crippen LogP contribution in [0.25, 0.3) is 0 Å². The number of rotatable bonds is 8. The first-order valence-electron chi connectivity index (χ1n) is 7.11. The topological polar surface area (TPSA) is 47.6 Å². The Labute approximate surface area is 121 Å². The molecule has 1 unspecified atom stereocenters. The Bertz CT molecular complexity index is 433. The van der Waals surface area contributed by atoms with Crippen LogP contribution in [0.3, 0.4) is 0 Å². The van der Waals surface area contributed by atoms with Gasteiger partial charge in [0.05, 0.1) is 25.7 Å². The number of benzene rings is 1. The first-order valence-corrected chi connectivity index (χ1v) is 7.11. The normalized spacial score (nSPS) is 13.6. The van der Waals surface area contributed by atoms with Crippen LogP contribution >= 0.6 is 0 Å². The van der Waals surface area contributed by atoms with Gasteiger partial charge in [-0.15, -0.1) is 0 Å². The average molecular weight is 279 g/mol. The van der Waals surface area contributed by atoms with Gasteiger partial charge in [0.25, 0.3) is 0 Å². The fourth-order valence-corrected chi connectivity index (χ4v) is 2.13. The largest absolute Gasteiger partial charge is 0.497 e. The van der Waals surface area contributed by atoms with Crippen molar-refractivity contribution in [3.8, 4) is 5.75 Å². The van der Waals surface area contributed by atoms with Crippen LogP contribution in [-0.4, -0.2) is 26.2 Å². The molecule has 0 aliphatic carbocycles. The molecule has 0 heterocycles. The van der Waals surface area contributed by atoms with E-state index in [4.69, 9.17) is 9.47 Å². The minimum Gasteiger partial charge on any atom is -0.497 e. The molecule has 1 rings (SSSR count). The van der Waals surface area contributed by atoms with Gasteiger partial charge in [0, 0.05) is 0 Å². The van der Waals surface area contributed by atoms with E-state index in [0.717, 1.165) is 24.3 Å². The molecule has 1 aromatic carbocycles. The van der Waals surface area contributed by atoms with Crippen molar-refractivity contribution in [1.29, 1.82) is 0 Å². The number of nitrogens with one attached hydrogen (secondary N) is 1. The molecule has 1 N–H and O–H groups in total. The lowest BCUT2D eigenvalue weighted by atomic mass is 9.88. The molecular formula is C16H25NO3. The van der Waals surface area contributed by atoms with Crippen molar-refractivity contribution >= 4 is 5.97 Å². The van der Waals surface area contributed by atoms with E-state index in [9.17, 15) is 4.79 Å². The fourth-order valence-electron chi connectivity index (χ4n) is 2.13. The van der Waals surface area contributed by atoms with Crippen LogP contribution in [0.2, 0.25) is 0 Å². The first-order chi connectivity index (χ1) is 9.55. The summed E-state index contributed by atoms with van der Waals surface area (Å²) in [6.07, 6.45) is 1.30. The Hall–Kier alpha value is -1.55. The summed E-state index contributed by atoms with van der Waals surface area (Å²) in [5, 5.41) is 3.45. The quantitative estimate of drug-likeness (QED) is 0.743. The molecule has 0 spiro atoms. The van der Waals surface area contributed by atoms with Crippen LogP contribution in [0.5, 0.6) is 5.75 Å². The van der Waals surface area contributed by atoms with Crippen molar-refractivity contribution in [1.82, 2.24) is 5.32 Å². The zero-order chi connectivity index (χ0) is 15.0. The van der Waals surface area contributed by atoms with Gasteiger partial charge in [-0.3, -0.25) is 4.79 Å². The molecule has 0 fully saturated rings. The van der Waals surface area contributed by atoms with Gasteiger partial charge in [-0.1, -0.05) is 19.1 Å². The summed E-state index contributed by atoms with van der Waals surface area (Å²) in [6.45, 7) is 7.19. The van der Waals surface area contributed by atoms with Crippen LogP contribution in [0.15, 0.2) is 24.3 Å². The maximum Gasteiger partial charge on any atom is 0.307 e. The van der Waals surface area contributed by atoms with Crippen molar-refractivity contribution < 1.29 is 14.3 Å². The highest BCUT2D eigenvalue weighted by molar-refractivity contribution is 5.71. The summed E-state index contributed by atoms with van der Waals surface area (Å²) in [4.78, 5) is 11.9. The molecule has 0 saturated carbocycles. The van der Waals surface area contributed by atoms with Crippen molar-refractivity contribution in [2.75, 3.05) is 20.3 Å². The average Bonchev–Trinajstić information content (AvgIpc) is 2.45.